The van der Waals surface area contributed by atoms with Crippen LogP contribution in [0.25, 0.3) is 0 Å². The lowest BCUT2D eigenvalue weighted by Gasteiger charge is -2.31. The minimum Gasteiger partial charge on any atom is -0.398 e. The maximum Gasteiger partial charge on any atom is 0.245 e. The smallest absolute Gasteiger partial charge is 0.245 e. The fourth-order valence-corrected chi connectivity index (χ4v) is 4.41. The van der Waals surface area contributed by atoms with Crippen LogP contribution in [0.5, 0.6) is 0 Å². The van der Waals surface area contributed by atoms with Crippen LogP contribution in [0.1, 0.15) is 26.2 Å². The van der Waals surface area contributed by atoms with Gasteiger partial charge in [0.2, 0.25) is 10.0 Å². The van der Waals surface area contributed by atoms with Gasteiger partial charge in [0, 0.05) is 17.6 Å². The van der Waals surface area contributed by atoms with Crippen LogP contribution in [0.3, 0.4) is 0 Å². The molecule has 6 heteroatoms. The molecule has 1 aromatic rings. The van der Waals surface area contributed by atoms with Gasteiger partial charge in [-0.15, -0.1) is 0 Å². The van der Waals surface area contributed by atoms with Crippen molar-refractivity contribution in [3.05, 3.63) is 22.7 Å². The average molecular weight is 347 g/mol. The van der Waals surface area contributed by atoms with Crippen molar-refractivity contribution in [3.8, 4) is 0 Å². The zero-order chi connectivity index (χ0) is 14.0. The maximum absolute atomic E-state index is 12.6. The minimum absolute atomic E-state index is 0.197. The van der Waals surface area contributed by atoms with Crippen molar-refractivity contribution in [1.82, 2.24) is 4.31 Å². The molecule has 2 rings (SSSR count). The summed E-state index contributed by atoms with van der Waals surface area (Å²) in [7, 11) is -3.50. The molecule has 106 valence electrons. The first-order chi connectivity index (χ1) is 8.95. The second-order valence-corrected chi connectivity index (χ2v) is 7.76. The molecule has 2 N–H and O–H groups in total. The van der Waals surface area contributed by atoms with Crippen molar-refractivity contribution in [2.75, 3.05) is 18.8 Å². The molecule has 1 saturated carbocycles. The number of sulfonamides is 1. The Bertz CT molecular complexity index is 556. The Kier molecular flexibility index (Phi) is 4.53. The topological polar surface area (TPSA) is 63.4 Å². The lowest BCUT2D eigenvalue weighted by atomic mass is 9.85. The Balaban J connectivity index is 2.30. The molecular formula is C13H19BrN2O2S. The van der Waals surface area contributed by atoms with E-state index in [-0.39, 0.29) is 4.90 Å². The lowest BCUT2D eigenvalue weighted by Crippen LogP contribution is -2.37. The second kappa shape index (κ2) is 5.81. The Morgan fingerprint density at radius 3 is 2.63 bits per heavy atom. The average Bonchev–Trinajstić information content (AvgIpc) is 2.30. The molecule has 1 fully saturated rings. The van der Waals surface area contributed by atoms with Crippen LogP contribution in [-0.4, -0.2) is 25.8 Å². The normalized spacial score (nSPS) is 16.6. The number of anilines is 1. The van der Waals surface area contributed by atoms with Crippen LogP contribution >= 0.6 is 15.9 Å². The number of nitrogens with two attached hydrogens (primary N) is 1. The number of hydrogen-bond donors (Lipinski definition) is 1. The van der Waals surface area contributed by atoms with Crippen LogP contribution in [0.15, 0.2) is 27.6 Å². The summed E-state index contributed by atoms with van der Waals surface area (Å²) in [4.78, 5) is 0.197. The van der Waals surface area contributed by atoms with Gasteiger partial charge in [0.1, 0.15) is 4.90 Å². The summed E-state index contributed by atoms with van der Waals surface area (Å²) in [6.07, 6.45) is 3.46. The summed E-state index contributed by atoms with van der Waals surface area (Å²) in [5.74, 6) is 0.503. The summed E-state index contributed by atoms with van der Waals surface area (Å²) in [5, 5.41) is 0. The fourth-order valence-electron chi connectivity index (χ4n) is 2.23. The van der Waals surface area contributed by atoms with E-state index in [1.807, 2.05) is 6.92 Å². The van der Waals surface area contributed by atoms with E-state index < -0.39 is 10.0 Å². The highest BCUT2D eigenvalue weighted by atomic mass is 79.9. The Morgan fingerprint density at radius 1 is 1.42 bits per heavy atom. The van der Waals surface area contributed by atoms with Gasteiger partial charge in [0.25, 0.3) is 0 Å². The number of rotatable bonds is 5. The number of halogens is 1. The summed E-state index contributed by atoms with van der Waals surface area (Å²) < 4.78 is 27.5. The third-order valence-corrected chi connectivity index (χ3v) is 6.12. The molecule has 1 aliphatic carbocycles. The Morgan fingerprint density at radius 2 is 2.11 bits per heavy atom. The molecule has 0 unspecified atom stereocenters. The number of benzene rings is 1. The van der Waals surface area contributed by atoms with E-state index in [1.54, 1.807) is 18.2 Å². The predicted molar refractivity (Wildman–Crippen MR) is 80.3 cm³/mol. The summed E-state index contributed by atoms with van der Waals surface area (Å²) >= 11 is 3.30. The number of nitrogen functional groups attached to an aromatic ring is 1. The SMILES string of the molecule is CCN(CC1CCC1)S(=O)(=O)c1cc(Br)ccc1N. The number of nitrogens with zero attached hydrogens (tertiary/aromatic N) is 1. The van der Waals surface area contributed by atoms with E-state index in [1.165, 1.54) is 10.7 Å². The van der Waals surface area contributed by atoms with Gasteiger partial charge in [0.05, 0.1) is 5.69 Å². The van der Waals surface area contributed by atoms with Crippen molar-refractivity contribution in [3.63, 3.8) is 0 Å². The molecule has 0 atom stereocenters. The van der Waals surface area contributed by atoms with Gasteiger partial charge in [0.15, 0.2) is 0 Å². The van der Waals surface area contributed by atoms with Gasteiger partial charge >= 0.3 is 0 Å². The van der Waals surface area contributed by atoms with Gasteiger partial charge in [-0.1, -0.05) is 29.3 Å². The molecule has 0 radical (unpaired) electrons. The summed E-state index contributed by atoms with van der Waals surface area (Å²) in [6.45, 7) is 2.94. The fraction of sp³-hybridized carbons (Fsp3) is 0.538. The molecule has 0 aromatic heterocycles. The minimum atomic E-state index is -3.50. The molecule has 0 bridgehead atoms. The van der Waals surface area contributed by atoms with E-state index in [0.717, 1.165) is 17.3 Å². The lowest BCUT2D eigenvalue weighted by molar-refractivity contribution is 0.250. The van der Waals surface area contributed by atoms with Gasteiger partial charge < -0.3 is 5.73 Å². The van der Waals surface area contributed by atoms with E-state index >= 15 is 0 Å². The van der Waals surface area contributed by atoms with Crippen molar-refractivity contribution in [2.45, 2.75) is 31.1 Å². The molecular weight excluding hydrogens is 328 g/mol. The third kappa shape index (κ3) is 3.12. The molecule has 0 aliphatic heterocycles. The van der Waals surface area contributed by atoms with Crippen LogP contribution in [0.4, 0.5) is 5.69 Å². The summed E-state index contributed by atoms with van der Waals surface area (Å²) in [5.41, 5.74) is 6.12. The molecule has 1 aromatic carbocycles. The molecule has 4 nitrogen and oxygen atoms in total. The molecule has 1 aliphatic rings. The van der Waals surface area contributed by atoms with Crippen LogP contribution in [-0.2, 0) is 10.0 Å². The Labute approximate surface area is 123 Å². The van der Waals surface area contributed by atoms with Crippen LogP contribution < -0.4 is 5.73 Å². The molecule has 0 spiro atoms. The van der Waals surface area contributed by atoms with Gasteiger partial charge in [-0.05, 0) is 37.0 Å². The second-order valence-electron chi connectivity index (χ2n) is 4.93. The number of hydrogen-bond acceptors (Lipinski definition) is 3. The maximum atomic E-state index is 12.6. The van der Waals surface area contributed by atoms with E-state index in [0.29, 0.717) is 24.7 Å². The largest absolute Gasteiger partial charge is 0.398 e. The zero-order valence-electron chi connectivity index (χ0n) is 11.0. The molecule has 19 heavy (non-hydrogen) atoms. The van der Waals surface area contributed by atoms with Crippen molar-refractivity contribution in [2.24, 2.45) is 5.92 Å². The molecule has 0 heterocycles. The van der Waals surface area contributed by atoms with E-state index in [4.69, 9.17) is 5.73 Å². The molecule has 0 amide bonds. The zero-order valence-corrected chi connectivity index (χ0v) is 13.4. The summed E-state index contributed by atoms with van der Waals surface area (Å²) in [6, 6.07) is 4.94. The highest BCUT2D eigenvalue weighted by Gasteiger charge is 2.29. The van der Waals surface area contributed by atoms with Crippen molar-refractivity contribution < 1.29 is 8.42 Å². The first kappa shape index (κ1) is 14.8. The quantitative estimate of drug-likeness (QED) is 0.833. The first-order valence-corrected chi connectivity index (χ1v) is 8.73. The van der Waals surface area contributed by atoms with E-state index in [2.05, 4.69) is 15.9 Å². The highest BCUT2D eigenvalue weighted by molar-refractivity contribution is 9.10. The van der Waals surface area contributed by atoms with Gasteiger partial charge in [-0.25, -0.2) is 8.42 Å². The third-order valence-electron chi connectivity index (χ3n) is 3.63. The monoisotopic (exact) mass is 346 g/mol. The first-order valence-electron chi connectivity index (χ1n) is 6.50. The van der Waals surface area contributed by atoms with Gasteiger partial charge in [-0.3, -0.25) is 0 Å². The molecule has 0 saturated heterocycles. The van der Waals surface area contributed by atoms with Crippen LogP contribution in [0.2, 0.25) is 0 Å². The van der Waals surface area contributed by atoms with Crippen molar-refractivity contribution >= 4 is 31.6 Å². The Hall–Kier alpha value is -0.590. The van der Waals surface area contributed by atoms with Crippen molar-refractivity contribution in [1.29, 1.82) is 0 Å². The van der Waals surface area contributed by atoms with Crippen LogP contribution in [0, 0.1) is 5.92 Å². The van der Waals surface area contributed by atoms with E-state index in [9.17, 15) is 8.42 Å². The highest BCUT2D eigenvalue weighted by Crippen LogP contribution is 2.31. The standard InChI is InChI=1S/C13H19BrN2O2S/c1-2-16(9-10-4-3-5-10)19(17,18)13-8-11(14)6-7-12(13)15/h6-8,10H,2-5,9,15H2,1H3. The van der Waals surface area contributed by atoms with Gasteiger partial charge in [-0.2, -0.15) is 4.31 Å². The predicted octanol–water partition coefficient (Wildman–Crippen LogP) is 2.84.